The van der Waals surface area contributed by atoms with Crippen molar-refractivity contribution in [1.82, 2.24) is 15.8 Å². The summed E-state index contributed by atoms with van der Waals surface area (Å²) >= 11 is 0. The van der Waals surface area contributed by atoms with Crippen molar-refractivity contribution in [2.75, 3.05) is 25.6 Å². The molecule has 0 aromatic carbocycles. The zero-order valence-electron chi connectivity index (χ0n) is 15.6. The molecule has 0 unspecified atom stereocenters. The lowest BCUT2D eigenvalue weighted by molar-refractivity contribution is 0.368. The quantitative estimate of drug-likeness (QED) is 0.510. The molecule has 1 aliphatic carbocycles. The number of rotatable bonds is 9. The normalized spacial score (nSPS) is 16.9. The van der Waals surface area contributed by atoms with Crippen molar-refractivity contribution in [2.24, 2.45) is 10.4 Å². The molecule has 25 heavy (non-hydrogen) atoms. The first-order valence-electron chi connectivity index (χ1n) is 8.88. The predicted molar refractivity (Wildman–Crippen MR) is 99.4 cm³/mol. The highest BCUT2D eigenvalue weighted by Crippen LogP contribution is 2.45. The number of nitrogens with zero attached hydrogens (tertiary/aromatic N) is 2. The van der Waals surface area contributed by atoms with E-state index in [0.717, 1.165) is 37.1 Å². The smallest absolute Gasteiger partial charge is 0.191 e. The van der Waals surface area contributed by atoms with E-state index in [2.05, 4.69) is 34.6 Å². The van der Waals surface area contributed by atoms with Crippen molar-refractivity contribution in [3.8, 4) is 0 Å². The van der Waals surface area contributed by atoms with Crippen molar-refractivity contribution >= 4 is 15.8 Å². The van der Waals surface area contributed by atoms with E-state index in [1.165, 1.54) is 6.26 Å². The molecule has 1 aromatic heterocycles. The van der Waals surface area contributed by atoms with E-state index in [1.54, 1.807) is 7.05 Å². The molecule has 8 heteroatoms. The summed E-state index contributed by atoms with van der Waals surface area (Å²) < 4.78 is 28.4. The molecule has 0 amide bonds. The fourth-order valence-corrected chi connectivity index (χ4v) is 4.58. The molecule has 0 saturated heterocycles. The van der Waals surface area contributed by atoms with Gasteiger partial charge < -0.3 is 15.2 Å². The van der Waals surface area contributed by atoms with E-state index in [0.29, 0.717) is 25.0 Å². The van der Waals surface area contributed by atoms with Crippen LogP contribution in [0.25, 0.3) is 0 Å². The monoisotopic (exact) mass is 370 g/mol. The van der Waals surface area contributed by atoms with Crippen LogP contribution in [0.1, 0.15) is 56.9 Å². The Morgan fingerprint density at radius 1 is 1.36 bits per heavy atom. The first-order valence-corrected chi connectivity index (χ1v) is 10.9. The van der Waals surface area contributed by atoms with Gasteiger partial charge in [0.05, 0.1) is 18.0 Å². The lowest BCUT2D eigenvalue weighted by Gasteiger charge is -2.17. The van der Waals surface area contributed by atoms with Gasteiger partial charge in [0.15, 0.2) is 11.7 Å². The van der Waals surface area contributed by atoms with Crippen LogP contribution in [0.3, 0.4) is 0 Å². The SMILES string of the molecule is CCC(CC)c1cc(CNC(=NC)NCC2(CS(C)(=O)=O)CC2)on1. The van der Waals surface area contributed by atoms with Gasteiger partial charge in [0, 0.05) is 37.2 Å². The van der Waals surface area contributed by atoms with Crippen LogP contribution in [0.5, 0.6) is 0 Å². The fourth-order valence-electron chi connectivity index (χ4n) is 3.08. The summed E-state index contributed by atoms with van der Waals surface area (Å²) in [5, 5.41) is 10.6. The van der Waals surface area contributed by atoms with Crippen molar-refractivity contribution in [2.45, 2.75) is 52.0 Å². The Labute approximate surface area is 150 Å². The van der Waals surface area contributed by atoms with Crippen LogP contribution < -0.4 is 10.6 Å². The number of aromatic nitrogens is 1. The van der Waals surface area contributed by atoms with Gasteiger partial charge in [0.25, 0.3) is 0 Å². The Morgan fingerprint density at radius 2 is 2.04 bits per heavy atom. The van der Waals surface area contributed by atoms with Crippen molar-refractivity contribution < 1.29 is 12.9 Å². The van der Waals surface area contributed by atoms with E-state index in [1.807, 2.05) is 6.07 Å². The van der Waals surface area contributed by atoms with Gasteiger partial charge in [-0.2, -0.15) is 0 Å². The second-order valence-electron chi connectivity index (χ2n) is 7.08. The van der Waals surface area contributed by atoms with Crippen molar-refractivity contribution in [3.05, 3.63) is 17.5 Å². The van der Waals surface area contributed by atoms with Crippen LogP contribution in [0.4, 0.5) is 0 Å². The summed E-state index contributed by atoms with van der Waals surface area (Å²) in [4.78, 5) is 4.19. The first kappa shape index (κ1) is 19.8. The van der Waals surface area contributed by atoms with Gasteiger partial charge in [-0.1, -0.05) is 19.0 Å². The highest BCUT2D eigenvalue weighted by molar-refractivity contribution is 7.90. The molecule has 0 spiro atoms. The average Bonchev–Trinajstić information content (AvgIpc) is 3.13. The van der Waals surface area contributed by atoms with Gasteiger partial charge in [0.1, 0.15) is 9.84 Å². The van der Waals surface area contributed by atoms with E-state index < -0.39 is 9.84 Å². The summed E-state index contributed by atoms with van der Waals surface area (Å²) in [6.07, 6.45) is 5.25. The molecular weight excluding hydrogens is 340 g/mol. The molecule has 1 fully saturated rings. The van der Waals surface area contributed by atoms with Gasteiger partial charge in [-0.25, -0.2) is 8.42 Å². The summed E-state index contributed by atoms with van der Waals surface area (Å²) in [5.74, 6) is 2.06. The zero-order valence-corrected chi connectivity index (χ0v) is 16.4. The molecule has 2 rings (SSSR count). The van der Waals surface area contributed by atoms with Crippen LogP contribution in [0.15, 0.2) is 15.6 Å². The van der Waals surface area contributed by atoms with Crippen molar-refractivity contribution in [3.63, 3.8) is 0 Å². The summed E-state index contributed by atoms with van der Waals surface area (Å²) in [7, 11) is -1.27. The van der Waals surface area contributed by atoms with E-state index in [9.17, 15) is 8.42 Å². The van der Waals surface area contributed by atoms with Gasteiger partial charge in [-0.15, -0.1) is 0 Å². The van der Waals surface area contributed by atoms with Crippen LogP contribution in [-0.2, 0) is 16.4 Å². The highest BCUT2D eigenvalue weighted by atomic mass is 32.2. The zero-order chi connectivity index (χ0) is 18.5. The number of nitrogens with one attached hydrogen (secondary N) is 2. The van der Waals surface area contributed by atoms with Crippen LogP contribution in [0.2, 0.25) is 0 Å². The van der Waals surface area contributed by atoms with Gasteiger partial charge in [-0.3, -0.25) is 4.99 Å². The topological polar surface area (TPSA) is 96.6 Å². The standard InChI is InChI=1S/C17H30N4O3S/c1-5-13(6-2)15-9-14(24-21-15)10-19-16(18-3)20-11-17(7-8-17)12-25(4,22)23/h9,13H,5-8,10-12H2,1-4H3,(H2,18,19,20). The Kier molecular flexibility index (Phi) is 6.48. The highest BCUT2D eigenvalue weighted by Gasteiger charge is 2.45. The molecule has 1 heterocycles. The molecule has 2 N–H and O–H groups in total. The minimum absolute atomic E-state index is 0.139. The molecule has 0 bridgehead atoms. The Balaban J connectivity index is 1.83. The molecule has 142 valence electrons. The molecule has 0 atom stereocenters. The Hall–Kier alpha value is -1.57. The minimum atomic E-state index is -2.96. The van der Waals surface area contributed by atoms with Crippen LogP contribution >= 0.6 is 0 Å². The number of hydrogen-bond acceptors (Lipinski definition) is 5. The maximum Gasteiger partial charge on any atom is 0.191 e. The summed E-state index contributed by atoms with van der Waals surface area (Å²) in [6.45, 7) is 5.40. The number of guanidine groups is 1. The van der Waals surface area contributed by atoms with Gasteiger partial charge in [-0.05, 0) is 25.7 Å². The molecule has 7 nitrogen and oxygen atoms in total. The van der Waals surface area contributed by atoms with Crippen molar-refractivity contribution in [1.29, 1.82) is 0 Å². The summed E-state index contributed by atoms with van der Waals surface area (Å²) in [5.41, 5.74) is 0.856. The van der Waals surface area contributed by atoms with E-state index in [4.69, 9.17) is 4.52 Å². The first-order chi connectivity index (χ1) is 11.8. The minimum Gasteiger partial charge on any atom is -0.359 e. The third-order valence-electron chi connectivity index (χ3n) is 4.79. The number of hydrogen-bond donors (Lipinski definition) is 2. The van der Waals surface area contributed by atoms with Gasteiger partial charge >= 0.3 is 0 Å². The lowest BCUT2D eigenvalue weighted by Crippen LogP contribution is -2.41. The molecular formula is C17H30N4O3S. The van der Waals surface area contributed by atoms with Crippen LogP contribution in [-0.4, -0.2) is 45.1 Å². The maximum atomic E-state index is 11.5. The number of sulfone groups is 1. The van der Waals surface area contributed by atoms with Gasteiger partial charge in [0.2, 0.25) is 0 Å². The average molecular weight is 371 g/mol. The largest absolute Gasteiger partial charge is 0.359 e. The second kappa shape index (κ2) is 8.21. The molecule has 1 saturated carbocycles. The third-order valence-corrected chi connectivity index (χ3v) is 5.93. The van der Waals surface area contributed by atoms with E-state index in [-0.39, 0.29) is 11.2 Å². The number of aliphatic imine (C=N–C) groups is 1. The molecule has 0 aliphatic heterocycles. The fraction of sp³-hybridized carbons (Fsp3) is 0.765. The van der Waals surface area contributed by atoms with Crippen LogP contribution in [0, 0.1) is 5.41 Å². The second-order valence-corrected chi connectivity index (χ2v) is 9.22. The maximum absolute atomic E-state index is 11.5. The lowest BCUT2D eigenvalue weighted by atomic mass is 9.99. The third kappa shape index (κ3) is 6.02. The molecule has 1 aliphatic rings. The van der Waals surface area contributed by atoms with E-state index >= 15 is 0 Å². The molecule has 0 radical (unpaired) electrons. The molecule has 1 aromatic rings. The predicted octanol–water partition coefficient (Wildman–Crippen LogP) is 2.07. The Morgan fingerprint density at radius 3 is 2.56 bits per heavy atom. The Bertz CT molecular complexity index is 689. The summed E-state index contributed by atoms with van der Waals surface area (Å²) in [6, 6.07) is 1.99.